The lowest BCUT2D eigenvalue weighted by Gasteiger charge is -2.34. The predicted molar refractivity (Wildman–Crippen MR) is 88.9 cm³/mol. The molecule has 0 amide bonds. The zero-order chi connectivity index (χ0) is 16.4. The molecule has 1 N–H and O–H groups in total. The van der Waals surface area contributed by atoms with Crippen LogP contribution in [0.25, 0.3) is 11.1 Å². The Kier molecular flexibility index (Phi) is 3.98. The Bertz CT molecular complexity index is 776. The van der Waals surface area contributed by atoms with Gasteiger partial charge in [0.15, 0.2) is 0 Å². The van der Waals surface area contributed by atoms with E-state index in [1.54, 1.807) is 31.1 Å². The fraction of sp³-hybridized carbons (Fsp3) is 0.353. The van der Waals surface area contributed by atoms with Crippen molar-refractivity contribution in [1.29, 1.82) is 0 Å². The first-order valence-electron chi connectivity index (χ1n) is 8.15. The SMILES string of the molecule is Fc1cc(-c2cn[nH]c2)ccc1N1CCC(Cn2cnnc2)CC1. The third kappa shape index (κ3) is 3.02. The summed E-state index contributed by atoms with van der Waals surface area (Å²) in [5, 5.41) is 14.3. The van der Waals surface area contributed by atoms with Crippen LogP contribution in [0.2, 0.25) is 0 Å². The first kappa shape index (κ1) is 14.9. The van der Waals surface area contributed by atoms with E-state index in [0.717, 1.165) is 43.6 Å². The third-order valence-corrected chi connectivity index (χ3v) is 4.67. The second kappa shape index (κ2) is 6.43. The van der Waals surface area contributed by atoms with Gasteiger partial charge in [0.1, 0.15) is 18.5 Å². The predicted octanol–water partition coefficient (Wildman–Crippen LogP) is 2.72. The number of hydrogen-bond donors (Lipinski definition) is 1. The van der Waals surface area contributed by atoms with Gasteiger partial charge < -0.3 is 9.47 Å². The van der Waals surface area contributed by atoms with Crippen LogP contribution < -0.4 is 4.90 Å². The molecule has 1 aromatic carbocycles. The summed E-state index contributed by atoms with van der Waals surface area (Å²) >= 11 is 0. The third-order valence-electron chi connectivity index (χ3n) is 4.67. The molecule has 1 aliphatic rings. The van der Waals surface area contributed by atoms with Crippen LogP contribution in [0.1, 0.15) is 12.8 Å². The highest BCUT2D eigenvalue weighted by molar-refractivity contribution is 5.65. The number of aromatic amines is 1. The molecule has 24 heavy (non-hydrogen) atoms. The standard InChI is InChI=1S/C17H19FN6/c18-16-7-14(15-8-19-20-9-15)1-2-17(16)24-5-3-13(4-6-24)10-23-11-21-22-12-23/h1-2,7-9,11-13H,3-6,10H2,(H,19,20). The number of rotatable bonds is 4. The highest BCUT2D eigenvalue weighted by Gasteiger charge is 2.22. The van der Waals surface area contributed by atoms with Crippen molar-refractivity contribution in [3.8, 4) is 11.1 Å². The van der Waals surface area contributed by atoms with E-state index in [2.05, 4.69) is 25.3 Å². The molecule has 6 nitrogen and oxygen atoms in total. The van der Waals surface area contributed by atoms with Gasteiger partial charge in [0.25, 0.3) is 0 Å². The number of hydrogen-bond acceptors (Lipinski definition) is 4. The van der Waals surface area contributed by atoms with Crippen molar-refractivity contribution in [2.75, 3.05) is 18.0 Å². The number of aromatic nitrogens is 5. The molecule has 1 aliphatic heterocycles. The minimum atomic E-state index is -0.175. The van der Waals surface area contributed by atoms with Crippen LogP contribution >= 0.6 is 0 Å². The van der Waals surface area contributed by atoms with Crippen LogP contribution in [0, 0.1) is 11.7 Å². The minimum absolute atomic E-state index is 0.175. The number of H-pyrrole nitrogens is 1. The van der Waals surface area contributed by atoms with Gasteiger partial charge >= 0.3 is 0 Å². The van der Waals surface area contributed by atoms with Crippen molar-refractivity contribution in [1.82, 2.24) is 25.0 Å². The summed E-state index contributed by atoms with van der Waals surface area (Å²) in [5.74, 6) is 0.413. The van der Waals surface area contributed by atoms with Crippen LogP contribution in [-0.2, 0) is 6.54 Å². The van der Waals surface area contributed by atoms with Crippen LogP contribution in [0.15, 0.2) is 43.2 Å². The smallest absolute Gasteiger partial charge is 0.147 e. The zero-order valence-electron chi connectivity index (χ0n) is 13.3. The summed E-state index contributed by atoms with van der Waals surface area (Å²) in [5.41, 5.74) is 2.42. The molecule has 7 heteroatoms. The Morgan fingerprint density at radius 2 is 1.92 bits per heavy atom. The Morgan fingerprint density at radius 1 is 1.12 bits per heavy atom. The normalized spacial score (nSPS) is 15.8. The summed E-state index contributed by atoms with van der Waals surface area (Å²) in [6.07, 6.45) is 9.05. The minimum Gasteiger partial charge on any atom is -0.369 e. The summed E-state index contributed by atoms with van der Waals surface area (Å²) < 4.78 is 16.6. The van der Waals surface area contributed by atoms with Crippen molar-refractivity contribution in [2.24, 2.45) is 5.92 Å². The van der Waals surface area contributed by atoms with E-state index in [-0.39, 0.29) is 5.82 Å². The van der Waals surface area contributed by atoms with Gasteiger partial charge in [-0.3, -0.25) is 5.10 Å². The summed E-state index contributed by atoms with van der Waals surface area (Å²) in [6.45, 7) is 2.67. The average molecular weight is 326 g/mol. The molecule has 0 bridgehead atoms. The van der Waals surface area contributed by atoms with E-state index >= 15 is 0 Å². The van der Waals surface area contributed by atoms with E-state index < -0.39 is 0 Å². The largest absolute Gasteiger partial charge is 0.369 e. The number of piperidine rings is 1. The van der Waals surface area contributed by atoms with Gasteiger partial charge in [-0.05, 0) is 36.5 Å². The Balaban J connectivity index is 1.42. The first-order chi connectivity index (χ1) is 11.8. The van der Waals surface area contributed by atoms with Crippen molar-refractivity contribution in [3.63, 3.8) is 0 Å². The number of nitrogens with zero attached hydrogens (tertiary/aromatic N) is 5. The maximum absolute atomic E-state index is 14.5. The second-order valence-electron chi connectivity index (χ2n) is 6.24. The molecule has 0 saturated carbocycles. The van der Waals surface area contributed by atoms with Gasteiger partial charge in [-0.2, -0.15) is 5.10 Å². The van der Waals surface area contributed by atoms with Crippen LogP contribution in [-0.4, -0.2) is 38.1 Å². The molecule has 0 atom stereocenters. The van der Waals surface area contributed by atoms with Crippen LogP contribution in [0.4, 0.5) is 10.1 Å². The summed E-state index contributed by atoms with van der Waals surface area (Å²) in [7, 11) is 0. The fourth-order valence-electron chi connectivity index (χ4n) is 3.32. The van der Waals surface area contributed by atoms with Gasteiger partial charge in [0.05, 0.1) is 11.9 Å². The number of benzene rings is 1. The molecule has 1 fully saturated rings. The van der Waals surface area contributed by atoms with E-state index in [1.165, 1.54) is 0 Å². The monoisotopic (exact) mass is 326 g/mol. The lowest BCUT2D eigenvalue weighted by Crippen LogP contribution is -2.35. The first-order valence-corrected chi connectivity index (χ1v) is 8.15. The van der Waals surface area contributed by atoms with Crippen LogP contribution in [0.5, 0.6) is 0 Å². The molecule has 0 radical (unpaired) electrons. The second-order valence-corrected chi connectivity index (χ2v) is 6.24. The molecule has 124 valence electrons. The quantitative estimate of drug-likeness (QED) is 0.801. The topological polar surface area (TPSA) is 62.6 Å². The van der Waals surface area contributed by atoms with Crippen molar-refractivity contribution in [2.45, 2.75) is 19.4 Å². The van der Waals surface area contributed by atoms with E-state index in [0.29, 0.717) is 11.6 Å². The summed E-state index contributed by atoms with van der Waals surface area (Å²) in [4.78, 5) is 2.14. The molecule has 1 saturated heterocycles. The number of anilines is 1. The molecule has 3 heterocycles. The van der Waals surface area contributed by atoms with Gasteiger partial charge in [-0.15, -0.1) is 10.2 Å². The van der Waals surface area contributed by atoms with Gasteiger partial charge in [-0.25, -0.2) is 4.39 Å². The van der Waals surface area contributed by atoms with E-state index in [1.807, 2.05) is 16.7 Å². The molecule has 3 aromatic rings. The maximum Gasteiger partial charge on any atom is 0.147 e. The maximum atomic E-state index is 14.5. The highest BCUT2D eigenvalue weighted by Crippen LogP contribution is 2.29. The molecule has 0 aliphatic carbocycles. The average Bonchev–Trinajstić information content (AvgIpc) is 3.29. The Hall–Kier alpha value is -2.70. The lowest BCUT2D eigenvalue weighted by atomic mass is 9.96. The molecule has 4 rings (SSSR count). The Labute approximate surface area is 139 Å². The van der Waals surface area contributed by atoms with Gasteiger partial charge in [0.2, 0.25) is 0 Å². The highest BCUT2D eigenvalue weighted by atomic mass is 19.1. The van der Waals surface area contributed by atoms with Gasteiger partial charge in [0, 0.05) is 31.4 Å². The molecule has 0 spiro atoms. The molecule has 2 aromatic heterocycles. The molecular weight excluding hydrogens is 307 g/mol. The fourth-order valence-corrected chi connectivity index (χ4v) is 3.32. The molecular formula is C17H19FN6. The van der Waals surface area contributed by atoms with E-state index in [4.69, 9.17) is 0 Å². The van der Waals surface area contributed by atoms with Crippen molar-refractivity contribution < 1.29 is 4.39 Å². The number of nitrogens with one attached hydrogen (secondary N) is 1. The van der Waals surface area contributed by atoms with Crippen molar-refractivity contribution >= 4 is 5.69 Å². The summed E-state index contributed by atoms with van der Waals surface area (Å²) in [6, 6.07) is 5.41. The van der Waals surface area contributed by atoms with Gasteiger partial charge in [-0.1, -0.05) is 6.07 Å². The zero-order valence-corrected chi connectivity index (χ0v) is 13.3. The van der Waals surface area contributed by atoms with Crippen LogP contribution in [0.3, 0.4) is 0 Å². The molecule has 0 unspecified atom stereocenters. The van der Waals surface area contributed by atoms with Crippen molar-refractivity contribution in [3.05, 3.63) is 49.1 Å². The Morgan fingerprint density at radius 3 is 2.58 bits per heavy atom. The number of halogens is 1. The lowest BCUT2D eigenvalue weighted by molar-refractivity contribution is 0.355. The van der Waals surface area contributed by atoms with E-state index in [9.17, 15) is 4.39 Å².